The van der Waals surface area contributed by atoms with Crippen LogP contribution in [0.3, 0.4) is 0 Å². The second-order valence-corrected chi connectivity index (χ2v) is 6.12. The first-order chi connectivity index (χ1) is 10.6. The molecule has 4 nitrogen and oxygen atoms in total. The van der Waals surface area contributed by atoms with Crippen LogP contribution in [-0.4, -0.2) is 16.0 Å². The minimum absolute atomic E-state index is 0.0706. The van der Waals surface area contributed by atoms with Crippen molar-refractivity contribution in [1.29, 1.82) is 0 Å². The summed E-state index contributed by atoms with van der Waals surface area (Å²) in [5, 5.41) is 13.1. The molecule has 0 spiro atoms. The molecule has 0 saturated heterocycles. The summed E-state index contributed by atoms with van der Waals surface area (Å²) < 4.78 is 0. The summed E-state index contributed by atoms with van der Waals surface area (Å²) in [4.78, 5) is 16.3. The van der Waals surface area contributed by atoms with E-state index in [1.807, 2.05) is 12.1 Å². The Morgan fingerprint density at radius 1 is 1.32 bits per heavy atom. The number of nitrogens with one attached hydrogen (secondary N) is 1. The molecule has 1 aliphatic rings. The molecule has 2 N–H and O–H groups in total. The monoisotopic (exact) mass is 336 g/mol. The number of hydrogen-bond acceptors (Lipinski definition) is 3. The first-order valence-electron chi connectivity index (χ1n) is 6.89. The Labute approximate surface area is 138 Å². The number of carbonyl (C=O) groups excluding carboxylic acids is 1. The Hall–Kier alpha value is -1.62. The fraction of sp³-hybridized carbons (Fsp3) is 0.250. The number of nitrogens with zero attached hydrogens (tertiary/aromatic N) is 1. The number of pyridine rings is 1. The van der Waals surface area contributed by atoms with Crippen LogP contribution in [-0.2, 0) is 11.4 Å². The zero-order valence-corrected chi connectivity index (χ0v) is 13.1. The van der Waals surface area contributed by atoms with Crippen LogP contribution in [0, 0.1) is 5.92 Å². The van der Waals surface area contributed by atoms with Crippen LogP contribution in [0.1, 0.15) is 23.5 Å². The molecule has 6 heteroatoms. The summed E-state index contributed by atoms with van der Waals surface area (Å²) >= 11 is 11.9. The predicted molar refractivity (Wildman–Crippen MR) is 86.1 cm³/mol. The molecule has 1 aromatic carbocycles. The predicted octanol–water partition coefficient (Wildman–Crippen LogP) is 3.62. The molecule has 1 amide bonds. The number of aromatic nitrogens is 1. The lowest BCUT2D eigenvalue weighted by Crippen LogP contribution is -2.16. The minimum atomic E-state index is -0.140. The highest BCUT2D eigenvalue weighted by atomic mass is 35.5. The number of carbonyl (C=O) groups is 1. The summed E-state index contributed by atoms with van der Waals surface area (Å²) in [6, 6.07) is 7.14. The van der Waals surface area contributed by atoms with E-state index in [9.17, 15) is 9.90 Å². The molecular formula is C16H14Cl2N2O2. The Bertz CT molecular complexity index is 721. The Kier molecular flexibility index (Phi) is 4.34. The fourth-order valence-corrected chi connectivity index (χ4v) is 2.80. The smallest absolute Gasteiger partial charge is 0.228 e. The van der Waals surface area contributed by atoms with Crippen molar-refractivity contribution >= 4 is 34.8 Å². The van der Waals surface area contributed by atoms with Gasteiger partial charge >= 0.3 is 0 Å². The molecule has 3 rings (SSSR count). The standard InChI is InChI=1S/C16H14Cl2N2O2/c17-13-2-1-9(5-14(13)18)11-6-12(11)16(22)20-15-7-19-4-3-10(15)8-21/h1-5,7,11-12,21H,6,8H2,(H,20,22). The van der Waals surface area contributed by atoms with Crippen LogP contribution in [0.2, 0.25) is 10.0 Å². The molecule has 114 valence electrons. The van der Waals surface area contributed by atoms with Crippen molar-refractivity contribution in [3.8, 4) is 0 Å². The van der Waals surface area contributed by atoms with Gasteiger partial charge in [-0.05, 0) is 36.1 Å². The van der Waals surface area contributed by atoms with E-state index in [2.05, 4.69) is 10.3 Å². The van der Waals surface area contributed by atoms with Crippen molar-refractivity contribution in [2.24, 2.45) is 5.92 Å². The van der Waals surface area contributed by atoms with Gasteiger partial charge in [0.15, 0.2) is 0 Å². The van der Waals surface area contributed by atoms with Crippen molar-refractivity contribution in [2.45, 2.75) is 18.9 Å². The number of rotatable bonds is 4. The zero-order valence-electron chi connectivity index (χ0n) is 11.6. The lowest BCUT2D eigenvalue weighted by molar-refractivity contribution is -0.117. The molecule has 2 unspecified atom stereocenters. The quantitative estimate of drug-likeness (QED) is 0.896. The summed E-state index contributed by atoms with van der Waals surface area (Å²) in [6.07, 6.45) is 3.90. The van der Waals surface area contributed by atoms with Gasteiger partial charge in [0.2, 0.25) is 5.91 Å². The highest BCUT2D eigenvalue weighted by Gasteiger charge is 2.44. The van der Waals surface area contributed by atoms with Gasteiger partial charge in [-0.3, -0.25) is 9.78 Å². The number of amides is 1. The molecule has 0 aliphatic heterocycles. The van der Waals surface area contributed by atoms with Gasteiger partial charge < -0.3 is 10.4 Å². The van der Waals surface area contributed by atoms with E-state index in [0.717, 1.165) is 12.0 Å². The number of anilines is 1. The maximum Gasteiger partial charge on any atom is 0.228 e. The molecular weight excluding hydrogens is 323 g/mol. The molecule has 2 atom stereocenters. The summed E-state index contributed by atoms with van der Waals surface area (Å²) in [5.41, 5.74) is 2.22. The average Bonchev–Trinajstić information content (AvgIpc) is 3.31. The largest absolute Gasteiger partial charge is 0.392 e. The van der Waals surface area contributed by atoms with Gasteiger partial charge in [-0.25, -0.2) is 0 Å². The molecule has 0 bridgehead atoms. The van der Waals surface area contributed by atoms with Crippen molar-refractivity contribution in [3.63, 3.8) is 0 Å². The van der Waals surface area contributed by atoms with Crippen molar-refractivity contribution in [1.82, 2.24) is 4.98 Å². The lowest BCUT2D eigenvalue weighted by Gasteiger charge is -2.08. The SMILES string of the molecule is O=C(Nc1cnccc1CO)C1CC1c1ccc(Cl)c(Cl)c1. The van der Waals surface area contributed by atoms with Gasteiger partial charge in [0, 0.05) is 17.7 Å². The maximum absolute atomic E-state index is 12.3. The van der Waals surface area contributed by atoms with Crippen LogP contribution in [0.4, 0.5) is 5.69 Å². The van der Waals surface area contributed by atoms with E-state index < -0.39 is 0 Å². The minimum Gasteiger partial charge on any atom is -0.392 e. The molecule has 0 radical (unpaired) electrons. The third-order valence-electron chi connectivity index (χ3n) is 3.84. The number of hydrogen-bond donors (Lipinski definition) is 2. The zero-order chi connectivity index (χ0) is 15.7. The third kappa shape index (κ3) is 3.09. The van der Waals surface area contributed by atoms with Crippen LogP contribution in [0.5, 0.6) is 0 Å². The number of halogens is 2. The first-order valence-corrected chi connectivity index (χ1v) is 7.65. The van der Waals surface area contributed by atoms with Crippen molar-refractivity contribution in [2.75, 3.05) is 5.32 Å². The molecule has 1 aliphatic carbocycles. The van der Waals surface area contributed by atoms with E-state index in [0.29, 0.717) is 21.3 Å². The molecule has 2 aromatic rings. The van der Waals surface area contributed by atoms with E-state index in [4.69, 9.17) is 23.2 Å². The van der Waals surface area contributed by atoms with Gasteiger partial charge in [-0.15, -0.1) is 0 Å². The first kappa shape index (κ1) is 15.3. The van der Waals surface area contributed by atoms with Gasteiger partial charge in [-0.2, -0.15) is 0 Å². The van der Waals surface area contributed by atoms with Crippen molar-refractivity contribution in [3.05, 3.63) is 57.8 Å². The molecule has 1 fully saturated rings. The van der Waals surface area contributed by atoms with E-state index in [1.165, 1.54) is 0 Å². The molecule has 1 saturated carbocycles. The molecule has 22 heavy (non-hydrogen) atoms. The van der Waals surface area contributed by atoms with Crippen LogP contribution in [0.25, 0.3) is 0 Å². The normalized spacial score (nSPS) is 19.8. The van der Waals surface area contributed by atoms with Gasteiger partial charge in [0.1, 0.15) is 0 Å². The third-order valence-corrected chi connectivity index (χ3v) is 4.58. The van der Waals surface area contributed by atoms with Gasteiger partial charge in [-0.1, -0.05) is 29.3 Å². The summed E-state index contributed by atoms with van der Waals surface area (Å²) in [7, 11) is 0. The fourth-order valence-electron chi connectivity index (χ4n) is 2.50. The average molecular weight is 337 g/mol. The molecule has 1 aromatic heterocycles. The Morgan fingerprint density at radius 3 is 2.86 bits per heavy atom. The van der Waals surface area contributed by atoms with Crippen molar-refractivity contribution < 1.29 is 9.90 Å². The Balaban J connectivity index is 1.69. The lowest BCUT2D eigenvalue weighted by atomic mass is 10.1. The van der Waals surface area contributed by atoms with Crippen LogP contribution >= 0.6 is 23.2 Å². The maximum atomic E-state index is 12.3. The number of aliphatic hydroxyl groups is 1. The van der Waals surface area contributed by atoms with Crippen LogP contribution in [0.15, 0.2) is 36.7 Å². The Morgan fingerprint density at radius 2 is 2.14 bits per heavy atom. The summed E-state index contributed by atoms with van der Waals surface area (Å²) in [5.74, 6) is -0.00761. The highest BCUT2D eigenvalue weighted by Crippen LogP contribution is 2.49. The highest BCUT2D eigenvalue weighted by molar-refractivity contribution is 6.42. The van der Waals surface area contributed by atoms with E-state index in [1.54, 1.807) is 24.5 Å². The summed E-state index contributed by atoms with van der Waals surface area (Å²) in [6.45, 7) is -0.140. The second kappa shape index (κ2) is 6.24. The topological polar surface area (TPSA) is 62.2 Å². The van der Waals surface area contributed by atoms with E-state index >= 15 is 0 Å². The number of benzene rings is 1. The van der Waals surface area contributed by atoms with E-state index in [-0.39, 0.29) is 24.3 Å². The van der Waals surface area contributed by atoms with Gasteiger partial charge in [0.05, 0.1) is 28.5 Å². The van der Waals surface area contributed by atoms with Gasteiger partial charge in [0.25, 0.3) is 0 Å². The van der Waals surface area contributed by atoms with Crippen LogP contribution < -0.4 is 5.32 Å². The second-order valence-electron chi connectivity index (χ2n) is 5.30. The number of aliphatic hydroxyl groups excluding tert-OH is 1. The molecule has 1 heterocycles.